The molecule has 0 atom stereocenters. The molecule has 0 aliphatic heterocycles. The monoisotopic (exact) mass is 250 g/mol. The van der Waals surface area contributed by atoms with Crippen molar-refractivity contribution in [1.82, 2.24) is 0 Å². The molecule has 1 rings (SSSR count). The number of pyridine rings is 1. The molecule has 0 radical (unpaired) electrons. The molecule has 1 amide bonds. The van der Waals surface area contributed by atoms with E-state index in [1.54, 1.807) is 26.8 Å². The molecule has 0 saturated carbocycles. The standard InChI is InChI=1S/C11H15N5O2/c1-11(2,3)18-10(17)15-9-7(6-12)4-5-8(14-9)16-13/h4-5H,13H2,1-3H3,(H2,14,15,16,17)/p+1. The number of carbonyl (C=O) groups excluding carboxylic acids is 1. The summed E-state index contributed by atoms with van der Waals surface area (Å²) in [6, 6.07) is 5.05. The number of nitrogens with one attached hydrogen (secondary N) is 3. The van der Waals surface area contributed by atoms with Crippen LogP contribution in [0.3, 0.4) is 0 Å². The molecular weight excluding hydrogens is 234 g/mol. The minimum Gasteiger partial charge on any atom is -0.432 e. The molecule has 0 spiro atoms. The van der Waals surface area contributed by atoms with Crippen LogP contribution < -0.4 is 21.6 Å². The second kappa shape index (κ2) is 5.33. The van der Waals surface area contributed by atoms with Crippen molar-refractivity contribution in [2.45, 2.75) is 26.4 Å². The Kier molecular flexibility index (Phi) is 4.07. The number of nitrogens with two attached hydrogens (primary N) is 1. The summed E-state index contributed by atoms with van der Waals surface area (Å²) in [6.45, 7) is 5.25. The number of anilines is 2. The van der Waals surface area contributed by atoms with E-state index in [1.165, 1.54) is 6.07 Å². The summed E-state index contributed by atoms with van der Waals surface area (Å²) in [4.78, 5) is 14.3. The van der Waals surface area contributed by atoms with E-state index in [0.29, 0.717) is 5.82 Å². The molecule has 0 fully saturated rings. The van der Waals surface area contributed by atoms with Gasteiger partial charge in [-0.25, -0.2) is 26.4 Å². The van der Waals surface area contributed by atoms with Crippen LogP contribution in [0.4, 0.5) is 16.4 Å². The van der Waals surface area contributed by atoms with Gasteiger partial charge in [0.1, 0.15) is 17.2 Å². The van der Waals surface area contributed by atoms with Crippen LogP contribution in [0.1, 0.15) is 26.3 Å². The number of nitriles is 1. The van der Waals surface area contributed by atoms with Gasteiger partial charge in [0.25, 0.3) is 0 Å². The van der Waals surface area contributed by atoms with Crippen LogP contribution in [0, 0.1) is 11.3 Å². The number of carbonyl (C=O) groups is 1. The summed E-state index contributed by atoms with van der Waals surface area (Å²) in [7, 11) is 0. The third-order valence-electron chi connectivity index (χ3n) is 1.85. The third-order valence-corrected chi connectivity index (χ3v) is 1.85. The number of H-pyrrole nitrogens is 1. The van der Waals surface area contributed by atoms with Crippen LogP contribution in [0.5, 0.6) is 0 Å². The Morgan fingerprint density at radius 2 is 2.17 bits per heavy atom. The van der Waals surface area contributed by atoms with E-state index >= 15 is 0 Å². The minimum absolute atomic E-state index is 0.224. The largest absolute Gasteiger partial charge is 0.474 e. The highest BCUT2D eigenvalue weighted by Gasteiger charge is 2.21. The molecular formula is C11H16N5O2+. The highest BCUT2D eigenvalue weighted by Crippen LogP contribution is 2.13. The minimum atomic E-state index is -0.649. The molecule has 0 bridgehead atoms. The van der Waals surface area contributed by atoms with Crippen LogP contribution in [0.25, 0.3) is 0 Å². The summed E-state index contributed by atoms with van der Waals surface area (Å²) in [5.41, 5.74) is 2.05. The van der Waals surface area contributed by atoms with Crippen LogP contribution in [-0.4, -0.2) is 11.7 Å². The van der Waals surface area contributed by atoms with Gasteiger partial charge in [-0.15, -0.1) is 0 Å². The van der Waals surface area contributed by atoms with E-state index in [9.17, 15) is 4.79 Å². The van der Waals surface area contributed by atoms with Gasteiger partial charge in [0.15, 0.2) is 0 Å². The zero-order valence-corrected chi connectivity index (χ0v) is 10.5. The maximum atomic E-state index is 11.6. The fourth-order valence-electron chi connectivity index (χ4n) is 1.18. The number of nitrogen functional groups attached to an aromatic ring is 1. The molecule has 1 heterocycles. The topological polar surface area (TPSA) is 114 Å². The van der Waals surface area contributed by atoms with Crippen molar-refractivity contribution >= 4 is 17.7 Å². The summed E-state index contributed by atoms with van der Waals surface area (Å²) < 4.78 is 5.08. The van der Waals surface area contributed by atoms with Gasteiger partial charge in [0.2, 0.25) is 11.6 Å². The molecule has 0 aliphatic rings. The van der Waals surface area contributed by atoms with E-state index in [-0.39, 0.29) is 11.4 Å². The van der Waals surface area contributed by atoms with E-state index in [0.717, 1.165) is 0 Å². The van der Waals surface area contributed by atoms with Crippen LogP contribution >= 0.6 is 0 Å². The SMILES string of the molecule is CC(C)(C)OC(=O)Nc1[nH+]c(NN)ccc1C#N. The van der Waals surface area contributed by atoms with E-state index in [2.05, 4.69) is 15.7 Å². The number of hydrazine groups is 1. The quantitative estimate of drug-likeness (QED) is 0.535. The predicted octanol–water partition coefficient (Wildman–Crippen LogP) is 1.00. The number of amides is 1. The van der Waals surface area contributed by atoms with Gasteiger partial charge in [-0.1, -0.05) is 0 Å². The van der Waals surface area contributed by atoms with Crippen molar-refractivity contribution in [2.75, 3.05) is 10.7 Å². The zero-order chi connectivity index (χ0) is 13.8. The second-order valence-electron chi connectivity index (χ2n) is 4.54. The second-order valence-corrected chi connectivity index (χ2v) is 4.54. The van der Waals surface area contributed by atoms with E-state index in [4.69, 9.17) is 15.8 Å². The Bertz CT molecular complexity index is 487. The lowest BCUT2D eigenvalue weighted by atomic mass is 10.2. The molecule has 96 valence electrons. The fraction of sp³-hybridized carbons (Fsp3) is 0.364. The van der Waals surface area contributed by atoms with Gasteiger partial charge in [-0.05, 0) is 26.8 Å². The van der Waals surface area contributed by atoms with Crippen molar-refractivity contribution in [2.24, 2.45) is 5.84 Å². The average Bonchev–Trinajstić information content (AvgIpc) is 2.26. The number of nitrogens with zero attached hydrogens (tertiary/aromatic N) is 1. The predicted molar refractivity (Wildman–Crippen MR) is 65.4 cm³/mol. The van der Waals surface area contributed by atoms with Gasteiger partial charge < -0.3 is 4.74 Å². The highest BCUT2D eigenvalue weighted by molar-refractivity contribution is 5.84. The fourth-order valence-corrected chi connectivity index (χ4v) is 1.18. The first-order chi connectivity index (χ1) is 8.35. The van der Waals surface area contributed by atoms with Crippen LogP contribution in [-0.2, 0) is 4.74 Å². The first kappa shape index (κ1) is 13.7. The van der Waals surface area contributed by atoms with Crippen LogP contribution in [0.15, 0.2) is 12.1 Å². The lowest BCUT2D eigenvalue weighted by Crippen LogP contribution is -2.30. The molecule has 0 saturated heterocycles. The molecule has 18 heavy (non-hydrogen) atoms. The number of ether oxygens (including phenoxy) is 1. The molecule has 1 aromatic rings. The first-order valence-corrected chi connectivity index (χ1v) is 5.29. The highest BCUT2D eigenvalue weighted by atomic mass is 16.6. The average molecular weight is 250 g/mol. The molecule has 7 heteroatoms. The summed E-state index contributed by atoms with van der Waals surface area (Å²) in [6.07, 6.45) is -0.649. The van der Waals surface area contributed by atoms with Crippen molar-refractivity contribution in [3.63, 3.8) is 0 Å². The van der Waals surface area contributed by atoms with Crippen molar-refractivity contribution < 1.29 is 14.5 Å². The molecule has 0 aromatic carbocycles. The van der Waals surface area contributed by atoms with Gasteiger partial charge in [-0.2, -0.15) is 5.26 Å². The zero-order valence-electron chi connectivity index (χ0n) is 10.5. The Hall–Kier alpha value is -2.33. The van der Waals surface area contributed by atoms with Crippen molar-refractivity contribution in [1.29, 1.82) is 5.26 Å². The van der Waals surface area contributed by atoms with Gasteiger partial charge in [0.05, 0.1) is 0 Å². The molecule has 5 N–H and O–H groups in total. The Morgan fingerprint density at radius 3 is 2.67 bits per heavy atom. The summed E-state index contributed by atoms with van der Waals surface area (Å²) in [5.74, 6) is 5.92. The van der Waals surface area contributed by atoms with Gasteiger partial charge in [-0.3, -0.25) is 0 Å². The van der Waals surface area contributed by atoms with E-state index in [1.807, 2.05) is 6.07 Å². The van der Waals surface area contributed by atoms with Crippen molar-refractivity contribution in [3.8, 4) is 6.07 Å². The first-order valence-electron chi connectivity index (χ1n) is 5.29. The van der Waals surface area contributed by atoms with E-state index < -0.39 is 11.7 Å². The summed E-state index contributed by atoms with van der Waals surface area (Å²) >= 11 is 0. The lowest BCUT2D eigenvalue weighted by molar-refractivity contribution is -0.344. The molecule has 1 aromatic heterocycles. The number of hydrogen-bond acceptors (Lipinski definition) is 5. The molecule has 0 unspecified atom stereocenters. The van der Waals surface area contributed by atoms with Gasteiger partial charge in [0, 0.05) is 6.07 Å². The Morgan fingerprint density at radius 1 is 1.50 bits per heavy atom. The summed E-state index contributed by atoms with van der Waals surface area (Å²) in [5, 5.41) is 11.4. The molecule has 7 nitrogen and oxygen atoms in total. The number of hydrogen-bond donors (Lipinski definition) is 3. The Balaban J connectivity index is 2.89. The molecule has 0 aliphatic carbocycles. The smallest absolute Gasteiger partial charge is 0.432 e. The number of aromatic nitrogens is 1. The van der Waals surface area contributed by atoms with Crippen LogP contribution in [0.2, 0.25) is 0 Å². The van der Waals surface area contributed by atoms with Crippen molar-refractivity contribution in [3.05, 3.63) is 17.7 Å². The maximum Gasteiger partial charge on any atom is 0.474 e. The Labute approximate surface area is 105 Å². The maximum absolute atomic E-state index is 11.6. The van der Waals surface area contributed by atoms with Gasteiger partial charge >= 0.3 is 6.09 Å². The third kappa shape index (κ3) is 3.92. The normalized spacial score (nSPS) is 10.4. The number of rotatable bonds is 2. The lowest BCUT2D eigenvalue weighted by Gasteiger charge is -2.17. The number of aromatic amines is 1.